The van der Waals surface area contributed by atoms with Gasteiger partial charge in [0.15, 0.2) is 5.78 Å². The summed E-state index contributed by atoms with van der Waals surface area (Å²) in [6.07, 6.45) is 3.12. The molecule has 1 fully saturated rings. The van der Waals surface area contributed by atoms with E-state index in [-0.39, 0.29) is 12.3 Å². The van der Waals surface area contributed by atoms with Gasteiger partial charge in [-0.15, -0.1) is 0 Å². The van der Waals surface area contributed by atoms with Crippen LogP contribution in [0.15, 0.2) is 46.9 Å². The Bertz CT molecular complexity index is 972. The van der Waals surface area contributed by atoms with Gasteiger partial charge in [-0.1, -0.05) is 40.2 Å². The standard InChI is InChI=1S/C21H19BrN2O3/c1-21(16-6-3-7-17(22)11-16)19(26)24(20(27)23-21)12-18(25)15-9-8-13-4-2-5-14(13)10-15/h3,6-11H,2,4-5,12H2,1H3,(H,23,27). The molecule has 27 heavy (non-hydrogen) atoms. The van der Waals surface area contributed by atoms with Gasteiger partial charge < -0.3 is 5.32 Å². The van der Waals surface area contributed by atoms with Gasteiger partial charge in [-0.2, -0.15) is 0 Å². The number of hydrogen-bond acceptors (Lipinski definition) is 3. The summed E-state index contributed by atoms with van der Waals surface area (Å²) in [5, 5.41) is 2.74. The van der Waals surface area contributed by atoms with Crippen molar-refractivity contribution in [3.8, 4) is 0 Å². The summed E-state index contributed by atoms with van der Waals surface area (Å²) in [6.45, 7) is 1.40. The first kappa shape index (κ1) is 17.9. The van der Waals surface area contributed by atoms with E-state index in [0.717, 1.165) is 28.6 Å². The Kier molecular flexibility index (Phi) is 4.38. The number of benzene rings is 2. The number of fused-ring (bicyclic) bond motifs is 1. The van der Waals surface area contributed by atoms with Crippen molar-refractivity contribution in [1.29, 1.82) is 0 Å². The average Bonchev–Trinajstić information content (AvgIpc) is 3.20. The highest BCUT2D eigenvalue weighted by atomic mass is 79.9. The predicted octanol–water partition coefficient (Wildman–Crippen LogP) is 3.59. The Hall–Kier alpha value is -2.47. The number of Topliss-reactive ketones (excluding diaryl/α,β-unsaturated/α-hetero) is 1. The summed E-state index contributed by atoms with van der Waals surface area (Å²) in [4.78, 5) is 39.1. The zero-order valence-electron chi connectivity index (χ0n) is 14.9. The van der Waals surface area contributed by atoms with Crippen LogP contribution in [-0.4, -0.2) is 29.2 Å². The summed E-state index contributed by atoms with van der Waals surface area (Å²) in [6, 6.07) is 12.4. The van der Waals surface area contributed by atoms with Crippen molar-refractivity contribution in [2.24, 2.45) is 0 Å². The van der Waals surface area contributed by atoms with Gasteiger partial charge in [0, 0.05) is 10.0 Å². The molecular weight excluding hydrogens is 408 g/mol. The summed E-state index contributed by atoms with van der Waals surface area (Å²) in [5.74, 6) is -0.646. The molecule has 1 aliphatic carbocycles. The van der Waals surface area contributed by atoms with Gasteiger partial charge in [0.2, 0.25) is 0 Å². The third-order valence-corrected chi connectivity index (χ3v) is 5.89. The molecule has 0 spiro atoms. The third-order valence-electron chi connectivity index (χ3n) is 5.40. The first-order valence-corrected chi connectivity index (χ1v) is 9.73. The smallest absolute Gasteiger partial charge is 0.319 e. The lowest BCUT2D eigenvalue weighted by Crippen LogP contribution is -2.41. The molecule has 1 atom stereocenters. The van der Waals surface area contributed by atoms with E-state index in [2.05, 4.69) is 21.2 Å². The molecule has 3 amide bonds. The van der Waals surface area contributed by atoms with Crippen molar-refractivity contribution >= 4 is 33.7 Å². The second-order valence-electron chi connectivity index (χ2n) is 7.22. The Morgan fingerprint density at radius 1 is 1.15 bits per heavy atom. The third kappa shape index (κ3) is 3.08. The van der Waals surface area contributed by atoms with E-state index in [0.29, 0.717) is 11.1 Å². The molecule has 0 bridgehead atoms. The molecular formula is C21H19BrN2O3. The average molecular weight is 427 g/mol. The quantitative estimate of drug-likeness (QED) is 0.599. The van der Waals surface area contributed by atoms with E-state index in [1.165, 1.54) is 11.1 Å². The lowest BCUT2D eigenvalue weighted by Gasteiger charge is -2.22. The maximum atomic E-state index is 13.0. The minimum absolute atomic E-state index is 0.230. The van der Waals surface area contributed by atoms with Crippen molar-refractivity contribution in [2.75, 3.05) is 6.54 Å². The van der Waals surface area contributed by atoms with Gasteiger partial charge in [0.05, 0.1) is 6.54 Å². The zero-order valence-corrected chi connectivity index (χ0v) is 16.5. The molecule has 1 saturated heterocycles. The van der Waals surface area contributed by atoms with Gasteiger partial charge in [-0.05, 0) is 61.1 Å². The number of carbonyl (C=O) groups is 3. The van der Waals surface area contributed by atoms with E-state index in [1.807, 2.05) is 24.3 Å². The molecule has 1 unspecified atom stereocenters. The van der Waals surface area contributed by atoms with Crippen LogP contribution in [0.1, 0.15) is 40.4 Å². The second-order valence-corrected chi connectivity index (χ2v) is 8.13. The lowest BCUT2D eigenvalue weighted by atomic mass is 9.92. The van der Waals surface area contributed by atoms with Crippen molar-refractivity contribution in [2.45, 2.75) is 31.7 Å². The SMILES string of the molecule is CC1(c2cccc(Br)c2)NC(=O)N(CC(=O)c2ccc3c(c2)CCC3)C1=O. The number of ketones is 1. The molecule has 1 heterocycles. The largest absolute Gasteiger partial charge is 0.325 e. The maximum Gasteiger partial charge on any atom is 0.325 e. The Balaban J connectivity index is 1.57. The number of urea groups is 1. The number of carbonyl (C=O) groups excluding carboxylic acids is 3. The van der Waals surface area contributed by atoms with E-state index in [1.54, 1.807) is 25.1 Å². The number of rotatable bonds is 4. The number of amides is 3. The summed E-state index contributed by atoms with van der Waals surface area (Å²) in [5.41, 5.74) is 2.51. The highest BCUT2D eigenvalue weighted by molar-refractivity contribution is 9.10. The van der Waals surface area contributed by atoms with Crippen LogP contribution in [-0.2, 0) is 23.2 Å². The summed E-state index contributed by atoms with van der Waals surface area (Å²) >= 11 is 3.39. The van der Waals surface area contributed by atoms with Crippen LogP contribution in [0.25, 0.3) is 0 Å². The molecule has 0 aromatic heterocycles. The molecule has 1 aliphatic heterocycles. The van der Waals surface area contributed by atoms with Crippen LogP contribution < -0.4 is 5.32 Å². The van der Waals surface area contributed by atoms with Crippen LogP contribution in [0, 0.1) is 0 Å². The molecule has 0 radical (unpaired) electrons. The molecule has 2 aromatic carbocycles. The minimum Gasteiger partial charge on any atom is -0.319 e. The Labute approximate surface area is 165 Å². The predicted molar refractivity (Wildman–Crippen MR) is 105 cm³/mol. The molecule has 4 rings (SSSR count). The molecule has 6 heteroatoms. The zero-order chi connectivity index (χ0) is 19.2. The van der Waals surface area contributed by atoms with Gasteiger partial charge in [0.25, 0.3) is 5.91 Å². The van der Waals surface area contributed by atoms with E-state index < -0.39 is 17.5 Å². The van der Waals surface area contributed by atoms with Crippen molar-refractivity contribution in [1.82, 2.24) is 10.2 Å². The first-order chi connectivity index (χ1) is 12.9. The fourth-order valence-electron chi connectivity index (χ4n) is 3.82. The van der Waals surface area contributed by atoms with Crippen molar-refractivity contribution in [3.63, 3.8) is 0 Å². The van der Waals surface area contributed by atoms with Crippen LogP contribution >= 0.6 is 15.9 Å². The molecule has 2 aromatic rings. The summed E-state index contributed by atoms with van der Waals surface area (Å²) in [7, 11) is 0. The van der Waals surface area contributed by atoms with E-state index in [4.69, 9.17) is 0 Å². The fraction of sp³-hybridized carbons (Fsp3) is 0.286. The number of aryl methyl sites for hydroxylation is 2. The molecule has 138 valence electrons. The lowest BCUT2D eigenvalue weighted by molar-refractivity contribution is -0.130. The Morgan fingerprint density at radius 2 is 1.93 bits per heavy atom. The molecule has 2 aliphatic rings. The highest BCUT2D eigenvalue weighted by Gasteiger charge is 2.49. The second kappa shape index (κ2) is 6.60. The maximum absolute atomic E-state index is 13.0. The minimum atomic E-state index is -1.18. The number of nitrogens with one attached hydrogen (secondary N) is 1. The van der Waals surface area contributed by atoms with Gasteiger partial charge in [0.1, 0.15) is 5.54 Å². The Morgan fingerprint density at radius 3 is 2.70 bits per heavy atom. The van der Waals surface area contributed by atoms with Crippen molar-refractivity contribution in [3.05, 3.63) is 69.2 Å². The van der Waals surface area contributed by atoms with Gasteiger partial charge >= 0.3 is 6.03 Å². The van der Waals surface area contributed by atoms with Gasteiger partial charge in [-0.25, -0.2) is 4.79 Å². The summed E-state index contributed by atoms with van der Waals surface area (Å²) < 4.78 is 0.816. The monoisotopic (exact) mass is 426 g/mol. The van der Waals surface area contributed by atoms with Crippen LogP contribution in [0.2, 0.25) is 0 Å². The molecule has 5 nitrogen and oxygen atoms in total. The van der Waals surface area contributed by atoms with Crippen LogP contribution in [0.4, 0.5) is 4.79 Å². The number of halogens is 1. The van der Waals surface area contributed by atoms with Crippen molar-refractivity contribution < 1.29 is 14.4 Å². The molecule has 0 saturated carbocycles. The van der Waals surface area contributed by atoms with Crippen LogP contribution in [0.3, 0.4) is 0 Å². The highest BCUT2D eigenvalue weighted by Crippen LogP contribution is 2.31. The molecule has 1 N–H and O–H groups in total. The fourth-order valence-corrected chi connectivity index (χ4v) is 4.22. The van der Waals surface area contributed by atoms with E-state index >= 15 is 0 Å². The van der Waals surface area contributed by atoms with Gasteiger partial charge in [-0.3, -0.25) is 14.5 Å². The normalized spacial score (nSPS) is 21.3. The van der Waals surface area contributed by atoms with E-state index in [9.17, 15) is 14.4 Å². The van der Waals surface area contributed by atoms with Crippen LogP contribution in [0.5, 0.6) is 0 Å². The number of nitrogens with zero attached hydrogens (tertiary/aromatic N) is 1. The number of imide groups is 1. The number of hydrogen-bond donors (Lipinski definition) is 1. The topological polar surface area (TPSA) is 66.5 Å². The first-order valence-electron chi connectivity index (χ1n) is 8.93.